The van der Waals surface area contributed by atoms with Crippen LogP contribution in [0.25, 0.3) is 6.08 Å². The van der Waals surface area contributed by atoms with Gasteiger partial charge in [-0.1, -0.05) is 94.3 Å². The predicted molar refractivity (Wildman–Crippen MR) is 124 cm³/mol. The number of benzene rings is 2. The number of aryl methyl sites for hydroxylation is 2. The first kappa shape index (κ1) is 24.4. The number of allylic oxidation sites excluding steroid dienone is 2. The average Bonchev–Trinajstić information content (AvgIpc) is 2.74. The van der Waals surface area contributed by atoms with E-state index < -0.39 is 11.3 Å². The molecule has 0 nitrogen and oxygen atoms in total. The van der Waals surface area contributed by atoms with Gasteiger partial charge in [-0.3, -0.25) is 0 Å². The van der Waals surface area contributed by atoms with Crippen molar-refractivity contribution in [2.45, 2.75) is 58.8 Å². The molecule has 0 N–H and O–H groups in total. The van der Waals surface area contributed by atoms with Crippen LogP contribution < -0.4 is 0 Å². The molecule has 1 atom stereocenters. The van der Waals surface area contributed by atoms with E-state index in [1.54, 1.807) is 36.4 Å². The second kappa shape index (κ2) is 10.8. The van der Waals surface area contributed by atoms with Crippen LogP contribution >= 0.6 is 0 Å². The summed E-state index contributed by atoms with van der Waals surface area (Å²) in [6, 6.07) is 12.3. The fourth-order valence-electron chi connectivity index (χ4n) is 3.43. The van der Waals surface area contributed by atoms with Crippen LogP contribution in [0.2, 0.25) is 0 Å². The van der Waals surface area contributed by atoms with Crippen molar-refractivity contribution in [1.29, 1.82) is 0 Å². The van der Waals surface area contributed by atoms with Crippen molar-refractivity contribution in [2.24, 2.45) is 0 Å². The fourth-order valence-corrected chi connectivity index (χ4v) is 3.43. The third-order valence-corrected chi connectivity index (χ3v) is 4.95. The molecule has 155 valence electrons. The summed E-state index contributed by atoms with van der Waals surface area (Å²) in [6.07, 6.45) is 12.6. The maximum Gasteiger partial charge on any atom is 0.290 e. The average molecular weight is 396 g/mol. The maximum absolute atomic E-state index is 15.2. The van der Waals surface area contributed by atoms with E-state index in [-0.39, 0.29) is 1.43 Å². The molecular weight excluding hydrogens is 362 g/mol. The highest BCUT2D eigenvalue weighted by Crippen LogP contribution is 2.47. The van der Waals surface area contributed by atoms with Crippen LogP contribution in [-0.4, -0.2) is 5.92 Å². The molecule has 0 heterocycles. The van der Waals surface area contributed by atoms with Crippen molar-refractivity contribution in [3.63, 3.8) is 0 Å². The first-order chi connectivity index (χ1) is 13.8. The highest BCUT2D eigenvalue weighted by atomic mass is 19.3. The first-order valence-electron chi connectivity index (χ1n) is 10.2. The number of halogens is 2. The molecule has 0 bridgehead atoms. The van der Waals surface area contributed by atoms with Crippen LogP contribution in [0.1, 0.15) is 62.9 Å². The van der Waals surface area contributed by atoms with Gasteiger partial charge < -0.3 is 0 Å². The quantitative estimate of drug-likeness (QED) is 0.329. The first-order valence-corrected chi connectivity index (χ1v) is 10.2. The standard InChI is InChI=1S/C25H26F2.C2H6.H/c1-6-9-11-14-21-17-20(5)23(18-19(21)4)24(7-2,25(26,27)8-3)22-15-12-10-13-16-22;1-2;/h2,8,10-18H,3,6,9H2,1,4-5H3;1-2H3;/b14-11+;;. The van der Waals surface area contributed by atoms with Crippen molar-refractivity contribution < 1.29 is 10.2 Å². The molecule has 0 aromatic heterocycles. The van der Waals surface area contributed by atoms with Crippen molar-refractivity contribution in [1.82, 2.24) is 0 Å². The zero-order valence-electron chi connectivity index (χ0n) is 19.2. The summed E-state index contributed by atoms with van der Waals surface area (Å²) in [5.74, 6) is -0.866. The molecule has 0 spiro atoms. The Balaban J connectivity index is 0.00000272. The Bertz CT molecular complexity index is 876. The minimum absolute atomic E-state index is 0. The summed E-state index contributed by atoms with van der Waals surface area (Å²) in [7, 11) is 0. The lowest BCUT2D eigenvalue weighted by atomic mass is 9.68. The fraction of sp³-hybridized carbons (Fsp3) is 0.333. The number of hydrogen-bond donors (Lipinski definition) is 0. The molecule has 0 aliphatic carbocycles. The molecule has 1 radical (unpaired) electrons. The van der Waals surface area contributed by atoms with Gasteiger partial charge in [-0.05, 0) is 54.2 Å². The van der Waals surface area contributed by atoms with Crippen molar-refractivity contribution in [2.75, 3.05) is 0 Å². The molecule has 0 aliphatic heterocycles. The lowest BCUT2D eigenvalue weighted by molar-refractivity contribution is 0.0100. The summed E-state index contributed by atoms with van der Waals surface area (Å²) >= 11 is 0. The lowest BCUT2D eigenvalue weighted by Crippen LogP contribution is -2.44. The second-order valence-electron chi connectivity index (χ2n) is 6.80. The summed E-state index contributed by atoms with van der Waals surface area (Å²) in [5.41, 5.74) is 1.58. The molecule has 0 saturated heterocycles. The molecule has 2 heteroatoms. The molecule has 0 aliphatic rings. The smallest absolute Gasteiger partial charge is 0.200 e. The van der Waals surface area contributed by atoms with Gasteiger partial charge in [0.15, 0.2) is 0 Å². The number of unbranched alkanes of at least 4 members (excludes halogenated alkanes) is 1. The Hall–Kier alpha value is -2.66. The monoisotopic (exact) mass is 395 g/mol. The third kappa shape index (κ3) is 4.85. The summed E-state index contributed by atoms with van der Waals surface area (Å²) in [5, 5.41) is 0. The van der Waals surface area contributed by atoms with E-state index in [0.717, 1.165) is 29.5 Å². The largest absolute Gasteiger partial charge is 0.290 e. The zero-order chi connectivity index (χ0) is 22.1. The van der Waals surface area contributed by atoms with E-state index in [1.165, 1.54) is 0 Å². The van der Waals surface area contributed by atoms with Crippen LogP contribution in [-0.2, 0) is 5.41 Å². The Morgan fingerprint density at radius 3 is 2.24 bits per heavy atom. The van der Waals surface area contributed by atoms with Crippen molar-refractivity contribution >= 4 is 6.08 Å². The Morgan fingerprint density at radius 2 is 1.72 bits per heavy atom. The Labute approximate surface area is 176 Å². The lowest BCUT2D eigenvalue weighted by Gasteiger charge is -2.37. The van der Waals surface area contributed by atoms with Crippen LogP contribution in [0.4, 0.5) is 8.78 Å². The van der Waals surface area contributed by atoms with Gasteiger partial charge in [0.1, 0.15) is 5.41 Å². The molecule has 1 unspecified atom stereocenters. The van der Waals surface area contributed by atoms with Crippen LogP contribution in [0.5, 0.6) is 0 Å². The third-order valence-electron chi connectivity index (χ3n) is 4.95. The van der Waals surface area contributed by atoms with E-state index in [2.05, 4.69) is 25.5 Å². The highest BCUT2D eigenvalue weighted by Gasteiger charge is 2.53. The van der Waals surface area contributed by atoms with Gasteiger partial charge in [0, 0.05) is 1.43 Å². The number of alkyl halides is 2. The van der Waals surface area contributed by atoms with Crippen molar-refractivity contribution in [3.8, 4) is 12.3 Å². The molecule has 2 aromatic rings. The molecule has 2 aromatic carbocycles. The van der Waals surface area contributed by atoms with Gasteiger partial charge in [-0.15, -0.1) is 6.42 Å². The number of terminal acetylenes is 1. The minimum Gasteiger partial charge on any atom is -0.200 e. The summed E-state index contributed by atoms with van der Waals surface area (Å²) < 4.78 is 30.5. The van der Waals surface area contributed by atoms with E-state index in [1.807, 2.05) is 39.8 Å². The topological polar surface area (TPSA) is 0 Å². The summed E-state index contributed by atoms with van der Waals surface area (Å²) in [4.78, 5) is 0. The minimum atomic E-state index is -3.31. The Kier molecular flexibility index (Phi) is 9.05. The van der Waals surface area contributed by atoms with Gasteiger partial charge in [0.2, 0.25) is 0 Å². The van der Waals surface area contributed by atoms with Gasteiger partial charge in [-0.25, -0.2) is 0 Å². The van der Waals surface area contributed by atoms with Crippen LogP contribution in [0.3, 0.4) is 0 Å². The maximum atomic E-state index is 15.2. The number of rotatable bonds is 7. The van der Waals surface area contributed by atoms with Gasteiger partial charge >= 0.3 is 0 Å². The predicted octanol–water partition coefficient (Wildman–Crippen LogP) is 8.00. The highest BCUT2D eigenvalue weighted by molar-refractivity contribution is 5.61. The summed E-state index contributed by atoms with van der Waals surface area (Å²) in [6.45, 7) is 13.2. The molecule has 29 heavy (non-hydrogen) atoms. The molecule has 0 amide bonds. The van der Waals surface area contributed by atoms with Gasteiger partial charge in [-0.2, -0.15) is 8.78 Å². The van der Waals surface area contributed by atoms with E-state index >= 15 is 8.78 Å². The molecular formula is C27H33F2. The van der Waals surface area contributed by atoms with E-state index in [4.69, 9.17) is 6.42 Å². The van der Waals surface area contributed by atoms with Gasteiger partial charge in [0.25, 0.3) is 5.92 Å². The van der Waals surface area contributed by atoms with E-state index in [0.29, 0.717) is 17.2 Å². The Morgan fingerprint density at radius 1 is 1.10 bits per heavy atom. The zero-order valence-corrected chi connectivity index (χ0v) is 18.2. The molecule has 0 fully saturated rings. The SMILES string of the molecule is C#CC(c1ccccc1)(c1cc(C)c(/C=C/CCC)cc1C)C(F)(F)C=C.CC.[H]. The van der Waals surface area contributed by atoms with Crippen LogP contribution in [0, 0.1) is 26.2 Å². The second-order valence-corrected chi connectivity index (χ2v) is 6.80. The van der Waals surface area contributed by atoms with Crippen molar-refractivity contribution in [3.05, 3.63) is 89.0 Å². The normalized spacial score (nSPS) is 13.2. The van der Waals surface area contributed by atoms with Gasteiger partial charge in [0.05, 0.1) is 0 Å². The molecule has 0 saturated carbocycles. The van der Waals surface area contributed by atoms with Crippen LogP contribution in [0.15, 0.2) is 61.2 Å². The number of hydrogen-bond acceptors (Lipinski definition) is 0. The molecule has 2 rings (SSSR count). The van der Waals surface area contributed by atoms with E-state index in [9.17, 15) is 0 Å².